The van der Waals surface area contributed by atoms with Gasteiger partial charge in [0.15, 0.2) is 17.3 Å². The van der Waals surface area contributed by atoms with Crippen molar-refractivity contribution in [2.45, 2.75) is 32.2 Å². The third-order valence-electron chi connectivity index (χ3n) is 4.73. The summed E-state index contributed by atoms with van der Waals surface area (Å²) in [7, 11) is 3.07. The summed E-state index contributed by atoms with van der Waals surface area (Å²) in [4.78, 5) is 19.4. The van der Waals surface area contributed by atoms with Crippen LogP contribution in [0.2, 0.25) is 0 Å². The molecule has 1 saturated heterocycles. The molecule has 152 valence electrons. The van der Waals surface area contributed by atoms with Crippen molar-refractivity contribution in [3.8, 4) is 17.2 Å². The Kier molecular flexibility index (Phi) is 6.35. The third kappa shape index (κ3) is 4.04. The number of methoxy groups -OCH3 is 2. The number of nitrogens with one attached hydrogen (secondary N) is 1. The molecule has 28 heavy (non-hydrogen) atoms. The lowest BCUT2D eigenvalue weighted by atomic mass is 10.1. The number of H-pyrrole nitrogens is 1. The molecule has 9 nitrogen and oxygen atoms in total. The van der Waals surface area contributed by atoms with Crippen LogP contribution in [0.4, 0.5) is 0 Å². The first kappa shape index (κ1) is 19.9. The number of nitrogens with zero attached hydrogens (tertiary/aromatic N) is 3. The van der Waals surface area contributed by atoms with Gasteiger partial charge in [0.05, 0.1) is 26.9 Å². The molecule has 3 rings (SSSR count). The highest BCUT2D eigenvalue weighted by Gasteiger charge is 2.34. The Morgan fingerprint density at radius 3 is 2.61 bits per heavy atom. The van der Waals surface area contributed by atoms with E-state index in [0.29, 0.717) is 54.8 Å². The number of nitrogens with two attached hydrogens (primary N) is 1. The summed E-state index contributed by atoms with van der Waals surface area (Å²) in [6.07, 6.45) is 2.44. The maximum absolute atomic E-state index is 13.2. The zero-order valence-electron chi connectivity index (χ0n) is 16.5. The largest absolute Gasteiger partial charge is 0.493 e. The van der Waals surface area contributed by atoms with Gasteiger partial charge in [-0.1, -0.05) is 0 Å². The van der Waals surface area contributed by atoms with Gasteiger partial charge in [0.2, 0.25) is 5.75 Å². The van der Waals surface area contributed by atoms with Crippen molar-refractivity contribution in [2.75, 3.05) is 33.9 Å². The molecular formula is C19H27N5O4. The number of aromatic amines is 1. The predicted molar refractivity (Wildman–Crippen MR) is 103 cm³/mol. The zero-order chi connectivity index (χ0) is 20.1. The minimum atomic E-state index is -0.144. The molecule has 3 N–H and O–H groups in total. The first-order chi connectivity index (χ1) is 13.6. The second-order valence-electron chi connectivity index (χ2n) is 6.64. The highest BCUT2D eigenvalue weighted by atomic mass is 16.5. The number of aromatic nitrogens is 3. The van der Waals surface area contributed by atoms with Crippen molar-refractivity contribution in [3.63, 3.8) is 0 Å². The first-order valence-corrected chi connectivity index (χ1v) is 9.37. The SMILES string of the molecule is COc1cc(C(=O)N2CCC[C@H]2c2n[nH]c(C)n2)cc(OC)c1OCCCN. The van der Waals surface area contributed by atoms with Crippen LogP contribution in [0, 0.1) is 6.92 Å². The quantitative estimate of drug-likeness (QED) is 0.662. The monoisotopic (exact) mass is 389 g/mol. The number of likely N-dealkylation sites (tertiary alicyclic amines) is 1. The number of carbonyl (C=O) groups is 1. The molecule has 1 aromatic carbocycles. The molecule has 9 heteroatoms. The topological polar surface area (TPSA) is 116 Å². The Labute approximate surface area is 164 Å². The highest BCUT2D eigenvalue weighted by Crippen LogP contribution is 2.40. The molecule has 0 spiro atoms. The number of hydrogen-bond donors (Lipinski definition) is 2. The average Bonchev–Trinajstić information content (AvgIpc) is 3.36. The van der Waals surface area contributed by atoms with Crippen LogP contribution in [-0.2, 0) is 0 Å². The summed E-state index contributed by atoms with van der Waals surface area (Å²) in [5, 5.41) is 7.09. The van der Waals surface area contributed by atoms with Crippen molar-refractivity contribution in [1.82, 2.24) is 20.1 Å². The number of ether oxygens (including phenoxy) is 3. The summed E-state index contributed by atoms with van der Waals surface area (Å²) < 4.78 is 16.7. The van der Waals surface area contributed by atoms with E-state index < -0.39 is 0 Å². The number of benzene rings is 1. The Hall–Kier alpha value is -2.81. The lowest BCUT2D eigenvalue weighted by Gasteiger charge is -2.23. The molecule has 0 saturated carbocycles. The molecule has 0 radical (unpaired) electrons. The standard InChI is InChI=1S/C19H27N5O4/c1-12-21-18(23-22-12)14-6-4-8-24(14)19(25)13-10-15(26-2)17(16(11-13)27-3)28-9-5-7-20/h10-11,14H,4-9,20H2,1-3H3,(H,21,22,23)/t14-/m0/s1. The summed E-state index contributed by atoms with van der Waals surface area (Å²) in [6.45, 7) is 3.46. The van der Waals surface area contributed by atoms with Crippen molar-refractivity contribution in [2.24, 2.45) is 5.73 Å². The van der Waals surface area contributed by atoms with Crippen LogP contribution in [-0.4, -0.2) is 59.9 Å². The zero-order valence-corrected chi connectivity index (χ0v) is 16.5. The molecule has 1 aliphatic rings. The van der Waals surface area contributed by atoms with Crippen LogP contribution in [0.1, 0.15) is 47.3 Å². The summed E-state index contributed by atoms with van der Waals surface area (Å²) in [5.41, 5.74) is 6.00. The molecular weight excluding hydrogens is 362 g/mol. The van der Waals surface area contributed by atoms with Crippen molar-refractivity contribution >= 4 is 5.91 Å². The number of aryl methyl sites for hydroxylation is 1. The van der Waals surface area contributed by atoms with Crippen LogP contribution in [0.5, 0.6) is 17.2 Å². The molecule has 1 amide bonds. The maximum atomic E-state index is 13.2. The summed E-state index contributed by atoms with van der Waals surface area (Å²) >= 11 is 0. The van der Waals surface area contributed by atoms with Crippen LogP contribution in [0.15, 0.2) is 12.1 Å². The van der Waals surface area contributed by atoms with Crippen LogP contribution >= 0.6 is 0 Å². The van der Waals surface area contributed by atoms with E-state index in [1.165, 1.54) is 14.2 Å². The fraction of sp³-hybridized carbons (Fsp3) is 0.526. The Morgan fingerprint density at radius 2 is 2.04 bits per heavy atom. The van der Waals surface area contributed by atoms with Crippen molar-refractivity contribution in [3.05, 3.63) is 29.3 Å². The summed E-state index contributed by atoms with van der Waals surface area (Å²) in [5.74, 6) is 2.63. The van der Waals surface area contributed by atoms with Gasteiger partial charge in [-0.15, -0.1) is 0 Å². The lowest BCUT2D eigenvalue weighted by Crippen LogP contribution is -2.31. The van der Waals surface area contributed by atoms with E-state index in [2.05, 4.69) is 15.2 Å². The number of rotatable bonds is 8. The van der Waals surface area contributed by atoms with Gasteiger partial charge in [-0.2, -0.15) is 5.10 Å². The first-order valence-electron chi connectivity index (χ1n) is 9.37. The minimum Gasteiger partial charge on any atom is -0.493 e. The second kappa shape index (κ2) is 8.92. The average molecular weight is 389 g/mol. The van der Waals surface area contributed by atoms with E-state index in [-0.39, 0.29) is 11.9 Å². The maximum Gasteiger partial charge on any atom is 0.254 e. The van der Waals surface area contributed by atoms with Gasteiger partial charge in [0, 0.05) is 12.1 Å². The van der Waals surface area contributed by atoms with Gasteiger partial charge >= 0.3 is 0 Å². The van der Waals surface area contributed by atoms with Gasteiger partial charge in [-0.25, -0.2) is 4.98 Å². The molecule has 0 unspecified atom stereocenters. The predicted octanol–water partition coefficient (Wildman–Crippen LogP) is 1.84. The van der Waals surface area contributed by atoms with Crippen molar-refractivity contribution < 1.29 is 19.0 Å². The molecule has 2 aromatic rings. The Morgan fingerprint density at radius 1 is 1.32 bits per heavy atom. The number of carbonyl (C=O) groups excluding carboxylic acids is 1. The van der Waals surface area contributed by atoms with E-state index >= 15 is 0 Å². The molecule has 0 aliphatic carbocycles. The second-order valence-corrected chi connectivity index (χ2v) is 6.64. The van der Waals surface area contributed by atoms with Gasteiger partial charge in [0.1, 0.15) is 5.82 Å². The lowest BCUT2D eigenvalue weighted by molar-refractivity contribution is 0.0729. The van der Waals surface area contributed by atoms with Crippen LogP contribution < -0.4 is 19.9 Å². The van der Waals surface area contributed by atoms with Gasteiger partial charge < -0.3 is 24.8 Å². The molecule has 1 aliphatic heterocycles. The van der Waals surface area contributed by atoms with Gasteiger partial charge in [-0.05, 0) is 44.9 Å². The number of hydrogen-bond acceptors (Lipinski definition) is 7. The molecule has 1 atom stereocenters. The summed E-state index contributed by atoms with van der Waals surface area (Å²) in [6, 6.07) is 3.22. The smallest absolute Gasteiger partial charge is 0.254 e. The van der Waals surface area contributed by atoms with E-state index in [1.807, 2.05) is 6.92 Å². The fourth-order valence-electron chi connectivity index (χ4n) is 3.36. The van der Waals surface area contributed by atoms with E-state index in [9.17, 15) is 4.79 Å². The van der Waals surface area contributed by atoms with Gasteiger partial charge in [-0.3, -0.25) is 9.89 Å². The van der Waals surface area contributed by atoms with E-state index in [1.54, 1.807) is 17.0 Å². The van der Waals surface area contributed by atoms with E-state index in [0.717, 1.165) is 18.7 Å². The highest BCUT2D eigenvalue weighted by molar-refractivity contribution is 5.96. The van der Waals surface area contributed by atoms with Crippen LogP contribution in [0.25, 0.3) is 0 Å². The normalized spacial score (nSPS) is 16.3. The number of amides is 1. The molecule has 1 aromatic heterocycles. The van der Waals surface area contributed by atoms with Crippen molar-refractivity contribution in [1.29, 1.82) is 0 Å². The Balaban J connectivity index is 1.88. The molecule has 0 bridgehead atoms. The molecule has 2 heterocycles. The van der Waals surface area contributed by atoms with Crippen LogP contribution in [0.3, 0.4) is 0 Å². The fourth-order valence-corrected chi connectivity index (χ4v) is 3.36. The van der Waals surface area contributed by atoms with Gasteiger partial charge in [0.25, 0.3) is 5.91 Å². The third-order valence-corrected chi connectivity index (χ3v) is 4.73. The minimum absolute atomic E-state index is 0.116. The van der Waals surface area contributed by atoms with E-state index in [4.69, 9.17) is 19.9 Å². The Bertz CT molecular complexity index is 797. The molecule has 1 fully saturated rings.